The molecule has 1 N–H and O–H groups in total. The third kappa shape index (κ3) is 4.37. The third-order valence-electron chi connectivity index (χ3n) is 5.04. The number of rotatable bonds is 4. The van der Waals surface area contributed by atoms with Gasteiger partial charge < -0.3 is 5.32 Å². The Kier molecular flexibility index (Phi) is 5.48. The standard InChI is InChI=1S/C25H17F3N2O2/c1-15(31)18-12-17-8-11-20(13-23(17)29-14-18)30-24(32)22-5-3-2-4-21(22)16-6-9-19(10-7-16)25(26,27)28/h2-14H,1H3,(H,30,32). The zero-order valence-electron chi connectivity index (χ0n) is 16.9. The molecule has 3 aromatic carbocycles. The predicted molar refractivity (Wildman–Crippen MR) is 117 cm³/mol. The van der Waals surface area contributed by atoms with Crippen LogP contribution in [0, 0.1) is 0 Å². The first-order chi connectivity index (χ1) is 15.2. The molecule has 1 heterocycles. The summed E-state index contributed by atoms with van der Waals surface area (Å²) in [5.74, 6) is -0.489. The first-order valence-corrected chi connectivity index (χ1v) is 9.71. The van der Waals surface area contributed by atoms with E-state index in [1.165, 1.54) is 25.3 Å². The highest BCUT2D eigenvalue weighted by Crippen LogP contribution is 2.32. The maximum Gasteiger partial charge on any atom is 0.416 e. The lowest BCUT2D eigenvalue weighted by atomic mass is 9.98. The second-order valence-corrected chi connectivity index (χ2v) is 7.26. The number of aromatic nitrogens is 1. The molecule has 160 valence electrons. The fraction of sp³-hybridized carbons (Fsp3) is 0.0800. The summed E-state index contributed by atoms with van der Waals surface area (Å²) in [4.78, 5) is 28.8. The molecule has 0 bridgehead atoms. The number of amides is 1. The summed E-state index contributed by atoms with van der Waals surface area (Å²) in [5.41, 5.74) is 2.22. The van der Waals surface area contributed by atoms with Crippen LogP contribution in [0.2, 0.25) is 0 Å². The Labute approximate surface area is 181 Å². The van der Waals surface area contributed by atoms with Gasteiger partial charge in [-0.1, -0.05) is 36.4 Å². The molecule has 0 aliphatic rings. The Balaban J connectivity index is 1.62. The van der Waals surface area contributed by atoms with E-state index in [-0.39, 0.29) is 5.78 Å². The molecule has 0 atom stereocenters. The SMILES string of the molecule is CC(=O)c1cnc2cc(NC(=O)c3ccccc3-c3ccc(C(F)(F)F)cc3)ccc2c1. The Morgan fingerprint density at radius 3 is 2.31 bits per heavy atom. The summed E-state index contributed by atoms with van der Waals surface area (Å²) in [7, 11) is 0. The van der Waals surface area contributed by atoms with Gasteiger partial charge in [0.2, 0.25) is 0 Å². The van der Waals surface area contributed by atoms with Crippen molar-refractivity contribution >= 4 is 28.3 Å². The molecule has 7 heteroatoms. The van der Waals surface area contributed by atoms with Gasteiger partial charge in [-0.2, -0.15) is 13.2 Å². The van der Waals surface area contributed by atoms with Crippen molar-refractivity contribution < 1.29 is 22.8 Å². The van der Waals surface area contributed by atoms with E-state index in [2.05, 4.69) is 10.3 Å². The molecule has 1 aromatic heterocycles. The van der Waals surface area contributed by atoms with Crippen LogP contribution in [0.4, 0.5) is 18.9 Å². The zero-order chi connectivity index (χ0) is 22.9. The van der Waals surface area contributed by atoms with E-state index < -0.39 is 17.6 Å². The van der Waals surface area contributed by atoms with Gasteiger partial charge in [0.1, 0.15) is 0 Å². The average molecular weight is 434 g/mol. The van der Waals surface area contributed by atoms with E-state index in [9.17, 15) is 22.8 Å². The minimum Gasteiger partial charge on any atom is -0.322 e. The molecule has 32 heavy (non-hydrogen) atoms. The molecule has 4 aromatic rings. The summed E-state index contributed by atoms with van der Waals surface area (Å²) in [6, 6.07) is 18.3. The average Bonchev–Trinajstić information content (AvgIpc) is 2.78. The van der Waals surface area contributed by atoms with Gasteiger partial charge in [-0.05, 0) is 54.4 Å². The number of hydrogen-bond donors (Lipinski definition) is 1. The van der Waals surface area contributed by atoms with E-state index in [1.54, 1.807) is 48.5 Å². The van der Waals surface area contributed by atoms with Crippen LogP contribution < -0.4 is 5.32 Å². The van der Waals surface area contributed by atoms with Gasteiger partial charge >= 0.3 is 6.18 Å². The van der Waals surface area contributed by atoms with Gasteiger partial charge in [-0.25, -0.2) is 0 Å². The molecule has 0 spiro atoms. The Bertz CT molecular complexity index is 1330. The topological polar surface area (TPSA) is 59.1 Å². The van der Waals surface area contributed by atoms with Gasteiger partial charge in [0, 0.05) is 28.4 Å². The summed E-state index contributed by atoms with van der Waals surface area (Å²) < 4.78 is 38.6. The highest BCUT2D eigenvalue weighted by atomic mass is 19.4. The normalized spacial score (nSPS) is 11.4. The highest BCUT2D eigenvalue weighted by Gasteiger charge is 2.30. The number of anilines is 1. The number of hydrogen-bond acceptors (Lipinski definition) is 3. The molecular weight excluding hydrogens is 417 g/mol. The van der Waals surface area contributed by atoms with Crippen LogP contribution >= 0.6 is 0 Å². The molecule has 0 saturated heterocycles. The molecule has 1 amide bonds. The van der Waals surface area contributed by atoms with Crippen LogP contribution in [0.25, 0.3) is 22.0 Å². The number of halogens is 3. The van der Waals surface area contributed by atoms with Crippen molar-refractivity contribution in [1.29, 1.82) is 0 Å². The van der Waals surface area contributed by atoms with Crippen LogP contribution in [0.1, 0.15) is 33.2 Å². The Hall–Kier alpha value is -4.00. The minimum atomic E-state index is -4.43. The number of carbonyl (C=O) groups is 2. The largest absolute Gasteiger partial charge is 0.416 e. The van der Waals surface area contributed by atoms with Crippen molar-refractivity contribution in [3.05, 3.63) is 95.7 Å². The second kappa shape index (κ2) is 8.26. The quantitative estimate of drug-likeness (QED) is 0.380. The molecule has 0 unspecified atom stereocenters. The van der Waals surface area contributed by atoms with Crippen LogP contribution in [0.3, 0.4) is 0 Å². The van der Waals surface area contributed by atoms with Gasteiger partial charge in [-0.3, -0.25) is 14.6 Å². The van der Waals surface area contributed by atoms with Crippen molar-refractivity contribution in [3.8, 4) is 11.1 Å². The Morgan fingerprint density at radius 2 is 1.62 bits per heavy atom. The third-order valence-corrected chi connectivity index (χ3v) is 5.04. The van der Waals surface area contributed by atoms with Crippen molar-refractivity contribution in [3.63, 3.8) is 0 Å². The monoisotopic (exact) mass is 434 g/mol. The fourth-order valence-electron chi connectivity index (χ4n) is 3.36. The zero-order valence-corrected chi connectivity index (χ0v) is 16.9. The highest BCUT2D eigenvalue weighted by molar-refractivity contribution is 6.09. The van der Waals surface area contributed by atoms with Gasteiger partial charge in [-0.15, -0.1) is 0 Å². The predicted octanol–water partition coefficient (Wildman–Crippen LogP) is 6.38. The molecule has 0 aliphatic heterocycles. The van der Waals surface area contributed by atoms with E-state index in [4.69, 9.17) is 0 Å². The molecular formula is C25H17F3N2O2. The van der Waals surface area contributed by atoms with E-state index in [0.29, 0.717) is 33.5 Å². The van der Waals surface area contributed by atoms with Crippen LogP contribution in [-0.4, -0.2) is 16.7 Å². The van der Waals surface area contributed by atoms with Crippen molar-refractivity contribution in [1.82, 2.24) is 4.98 Å². The molecule has 0 radical (unpaired) electrons. The van der Waals surface area contributed by atoms with Gasteiger partial charge in [0.15, 0.2) is 5.78 Å². The van der Waals surface area contributed by atoms with Crippen LogP contribution in [-0.2, 0) is 6.18 Å². The second-order valence-electron chi connectivity index (χ2n) is 7.26. The lowest BCUT2D eigenvalue weighted by molar-refractivity contribution is -0.137. The van der Waals surface area contributed by atoms with Gasteiger partial charge in [0.05, 0.1) is 11.1 Å². The van der Waals surface area contributed by atoms with Crippen LogP contribution in [0.15, 0.2) is 79.0 Å². The number of benzene rings is 3. The van der Waals surface area contributed by atoms with E-state index in [1.807, 2.05) is 0 Å². The van der Waals surface area contributed by atoms with Crippen LogP contribution in [0.5, 0.6) is 0 Å². The fourth-order valence-corrected chi connectivity index (χ4v) is 3.36. The molecule has 0 fully saturated rings. The molecule has 0 aliphatic carbocycles. The number of Topliss-reactive ketones (excluding diaryl/α,β-unsaturated/α-hetero) is 1. The number of pyridine rings is 1. The summed E-state index contributed by atoms with van der Waals surface area (Å²) in [5, 5.41) is 3.57. The van der Waals surface area contributed by atoms with Crippen molar-refractivity contribution in [2.24, 2.45) is 0 Å². The minimum absolute atomic E-state index is 0.0864. The van der Waals surface area contributed by atoms with E-state index in [0.717, 1.165) is 17.5 Å². The number of alkyl halides is 3. The lowest BCUT2D eigenvalue weighted by Crippen LogP contribution is -2.13. The number of fused-ring (bicyclic) bond motifs is 1. The van der Waals surface area contributed by atoms with Crippen molar-refractivity contribution in [2.75, 3.05) is 5.32 Å². The maximum absolute atomic E-state index is 13.0. The van der Waals surface area contributed by atoms with Crippen molar-refractivity contribution in [2.45, 2.75) is 13.1 Å². The molecule has 4 nitrogen and oxygen atoms in total. The summed E-state index contributed by atoms with van der Waals surface area (Å²) in [6.45, 7) is 1.46. The molecule has 0 saturated carbocycles. The summed E-state index contributed by atoms with van der Waals surface area (Å²) in [6.07, 6.45) is -2.94. The Morgan fingerprint density at radius 1 is 0.906 bits per heavy atom. The van der Waals surface area contributed by atoms with Gasteiger partial charge in [0.25, 0.3) is 5.91 Å². The summed E-state index contributed by atoms with van der Waals surface area (Å²) >= 11 is 0. The molecule has 4 rings (SSSR count). The number of nitrogens with one attached hydrogen (secondary N) is 1. The van der Waals surface area contributed by atoms with E-state index >= 15 is 0 Å². The first-order valence-electron chi connectivity index (χ1n) is 9.71. The first kappa shape index (κ1) is 21.2. The smallest absolute Gasteiger partial charge is 0.322 e. The number of nitrogens with zero attached hydrogens (tertiary/aromatic N) is 1. The number of ketones is 1. The lowest BCUT2D eigenvalue weighted by Gasteiger charge is -2.12. The number of carbonyl (C=O) groups excluding carboxylic acids is 2. The maximum atomic E-state index is 13.0.